The number of ether oxygens (including phenoxy) is 6. The zero-order valence-electron chi connectivity index (χ0n) is 48.1. The summed E-state index contributed by atoms with van der Waals surface area (Å²) >= 11 is 0. The number of rotatable bonds is 20. The predicted molar refractivity (Wildman–Crippen MR) is 327 cm³/mol. The van der Waals surface area contributed by atoms with Crippen LogP contribution in [0.5, 0.6) is 0 Å². The lowest BCUT2D eigenvalue weighted by Crippen LogP contribution is -2.47. The number of benzene rings is 8. The lowest BCUT2D eigenvalue weighted by atomic mass is 9.74. The van der Waals surface area contributed by atoms with Crippen molar-refractivity contribution >= 4 is 59.4 Å². The van der Waals surface area contributed by atoms with Gasteiger partial charge in [0, 0.05) is 0 Å². The number of carbonyl (C=O) groups excluding carboxylic acids is 6. The molecule has 0 N–H and O–H groups in total. The minimum absolute atomic E-state index is 0.0575. The number of hydrogen-bond donors (Lipinski definition) is 0. The molecule has 0 aromatic heterocycles. The summed E-state index contributed by atoms with van der Waals surface area (Å²) in [7, 11) is 0. The van der Waals surface area contributed by atoms with Gasteiger partial charge in [-0.15, -0.1) is 0 Å². The van der Waals surface area contributed by atoms with Crippen LogP contribution in [-0.4, -0.2) is 47.2 Å². The molecule has 18 nitrogen and oxygen atoms in total. The molecule has 0 spiro atoms. The van der Waals surface area contributed by atoms with E-state index in [0.29, 0.717) is 33.4 Å². The molecule has 0 atom stereocenters. The molecule has 0 saturated heterocycles. The van der Waals surface area contributed by atoms with Gasteiger partial charge in [-0.05, 0) is 114 Å². The quantitative estimate of drug-likeness (QED) is 0.0297. The maximum absolute atomic E-state index is 16.0. The average Bonchev–Trinajstić information content (AvgIpc) is 1.52. The molecule has 0 fully saturated rings. The van der Waals surface area contributed by atoms with Crippen molar-refractivity contribution in [3.05, 3.63) is 284 Å². The van der Waals surface area contributed by atoms with Gasteiger partial charge < -0.3 is 28.4 Å². The van der Waals surface area contributed by atoms with Crippen molar-refractivity contribution in [1.29, 1.82) is 21.0 Å². The molecule has 0 amide bonds. The Hall–Kier alpha value is -12.6. The third-order valence-electron chi connectivity index (χ3n) is 15.6. The highest BCUT2D eigenvalue weighted by molar-refractivity contribution is 6.21. The fraction of sp³-hybridized carbons (Fsp3) is 0.123. The van der Waals surface area contributed by atoms with Crippen molar-refractivity contribution in [2.75, 3.05) is 0 Å². The largest absolute Gasteiger partial charge is 0.459 e. The number of nitriles is 4. The van der Waals surface area contributed by atoms with Gasteiger partial charge in [-0.3, -0.25) is 28.8 Å². The van der Waals surface area contributed by atoms with Gasteiger partial charge in [0.05, 0.1) is 11.4 Å². The van der Waals surface area contributed by atoms with E-state index in [2.05, 4.69) is 9.98 Å². The fourth-order valence-electron chi connectivity index (χ4n) is 11.3. The van der Waals surface area contributed by atoms with Gasteiger partial charge >= 0.3 is 35.8 Å². The second kappa shape index (κ2) is 26.1. The van der Waals surface area contributed by atoms with Gasteiger partial charge in [0.2, 0.25) is 27.7 Å². The highest BCUT2D eigenvalue weighted by atomic mass is 16.6. The lowest BCUT2D eigenvalue weighted by molar-refractivity contribution is -0.166. The average molecular weight is 1200 g/mol. The molecule has 18 heteroatoms. The van der Waals surface area contributed by atoms with E-state index in [0.717, 1.165) is 0 Å². The molecule has 0 radical (unpaired) electrons. The van der Waals surface area contributed by atoms with Gasteiger partial charge in [-0.2, -0.15) is 21.0 Å². The number of hydrogen-bond acceptors (Lipinski definition) is 18. The minimum atomic E-state index is -2.81. The summed E-state index contributed by atoms with van der Waals surface area (Å²) in [5.41, 5.74) is -9.05. The Labute approximate surface area is 521 Å². The van der Waals surface area contributed by atoms with Gasteiger partial charge in [0.15, 0.2) is 0 Å². The molecule has 3 aliphatic carbocycles. The van der Waals surface area contributed by atoms with Crippen molar-refractivity contribution < 1.29 is 57.2 Å². The topological polar surface area (TPSA) is 278 Å². The number of fused-ring (bicyclic) bond motifs is 5. The first-order valence-corrected chi connectivity index (χ1v) is 28.3. The molecule has 3 aliphatic rings. The molecule has 0 saturated carbocycles. The third kappa shape index (κ3) is 11.3. The molecular formula is C73H48N6O12. The monoisotopic (exact) mass is 1200 g/mol. The third-order valence-corrected chi connectivity index (χ3v) is 15.6. The summed E-state index contributed by atoms with van der Waals surface area (Å²) in [5.74, 6) is -7.51. The maximum Gasteiger partial charge on any atom is 0.334 e. The molecule has 442 valence electrons. The van der Waals surface area contributed by atoms with Crippen LogP contribution in [0.15, 0.2) is 228 Å². The Morgan fingerprint density at radius 3 is 0.747 bits per heavy atom. The van der Waals surface area contributed by atoms with Crippen molar-refractivity contribution in [3.63, 3.8) is 0 Å². The second-order valence-electron chi connectivity index (χ2n) is 21.0. The van der Waals surface area contributed by atoms with Crippen molar-refractivity contribution in [2.45, 2.75) is 55.9 Å². The van der Waals surface area contributed by atoms with E-state index in [4.69, 9.17) is 28.4 Å². The highest BCUT2D eigenvalue weighted by Crippen LogP contribution is 2.58. The summed E-state index contributed by atoms with van der Waals surface area (Å²) in [4.78, 5) is 103. The van der Waals surface area contributed by atoms with Crippen LogP contribution in [0.25, 0.3) is 23.3 Å². The zero-order chi connectivity index (χ0) is 63.5. The summed E-state index contributed by atoms with van der Waals surface area (Å²) in [6, 6.07) is 63.3. The summed E-state index contributed by atoms with van der Waals surface area (Å²) in [6.07, 6.45) is 2.48. The molecule has 0 bridgehead atoms. The van der Waals surface area contributed by atoms with E-state index in [1.165, 1.54) is 36.4 Å². The van der Waals surface area contributed by atoms with Crippen LogP contribution in [0.2, 0.25) is 0 Å². The first-order valence-electron chi connectivity index (χ1n) is 28.3. The van der Waals surface area contributed by atoms with E-state index < -0.39 is 115 Å². The van der Waals surface area contributed by atoms with E-state index in [1.54, 1.807) is 206 Å². The Balaban J connectivity index is 1.21. The minimum Gasteiger partial charge on any atom is -0.459 e. The molecule has 0 unspecified atom stereocenters. The zero-order valence-corrected chi connectivity index (χ0v) is 48.1. The van der Waals surface area contributed by atoms with Crippen LogP contribution in [0.1, 0.15) is 66.8 Å². The Bertz CT molecular complexity index is 4090. The molecule has 8 aromatic carbocycles. The normalized spacial score (nSPS) is 13.5. The van der Waals surface area contributed by atoms with Gasteiger partial charge in [0.1, 0.15) is 63.9 Å². The highest BCUT2D eigenvalue weighted by Gasteiger charge is 2.64. The maximum atomic E-state index is 16.0. The Kier molecular flexibility index (Phi) is 17.3. The predicted octanol–water partition coefficient (Wildman–Crippen LogP) is 10.6. The smallest absolute Gasteiger partial charge is 0.334 e. The molecule has 11 rings (SSSR count). The second-order valence-corrected chi connectivity index (χ2v) is 21.0. The van der Waals surface area contributed by atoms with Crippen LogP contribution in [0.3, 0.4) is 0 Å². The summed E-state index contributed by atoms with van der Waals surface area (Å²) in [6.45, 7) is -2.43. The lowest BCUT2D eigenvalue weighted by Gasteiger charge is -2.30. The number of carbonyl (C=O) groups is 6. The molecule has 91 heavy (non-hydrogen) atoms. The van der Waals surface area contributed by atoms with Crippen LogP contribution in [-0.2, 0) is 113 Å². The Morgan fingerprint density at radius 1 is 0.308 bits per heavy atom. The van der Waals surface area contributed by atoms with Crippen LogP contribution in [0, 0.1) is 45.3 Å². The van der Waals surface area contributed by atoms with Crippen molar-refractivity contribution in [1.82, 2.24) is 0 Å². The van der Waals surface area contributed by atoms with Gasteiger partial charge in [-0.25, -0.2) is 9.98 Å². The number of esters is 6. The van der Waals surface area contributed by atoms with Gasteiger partial charge in [0.25, 0.3) is 0 Å². The van der Waals surface area contributed by atoms with E-state index in [1.807, 2.05) is 0 Å². The van der Waals surface area contributed by atoms with Crippen LogP contribution >= 0.6 is 0 Å². The number of aliphatic imine (C=N–C) groups is 2. The fourth-order valence-corrected chi connectivity index (χ4v) is 11.3. The molecule has 0 aliphatic heterocycles. The van der Waals surface area contributed by atoms with Crippen LogP contribution in [0.4, 0.5) is 0 Å². The molecule has 0 heterocycles. The first-order chi connectivity index (χ1) is 44.4. The number of nitrogens with zero attached hydrogens (tertiary/aromatic N) is 6. The first kappa shape index (κ1) is 60.1. The SMILES string of the molecule is N#CC(C#N)=NC1=Cc2cc3c(cc2C1(C(=O)OCc1ccccc1)C(=O)OCc1ccccc1)-c1cc2c(cc1C3(C(=O)OCc1ccccc1)C(=O)OCc1ccccc1)C=C(N=C(C#N)C#N)C2(C(=O)OCc1ccccc1)C(=O)OCc1ccccc1. The van der Waals surface area contributed by atoms with E-state index in [9.17, 15) is 21.0 Å². The summed E-state index contributed by atoms with van der Waals surface area (Å²) < 4.78 is 36.7. The van der Waals surface area contributed by atoms with Gasteiger partial charge in [-0.1, -0.05) is 182 Å². The molecule has 8 aromatic rings. The van der Waals surface area contributed by atoms with E-state index >= 15 is 28.8 Å². The standard InChI is InChI=1S/C73H48N6O12/c74-37-55(38-75)78-63-33-53-31-61-57(35-59(53)72(63,67(82)88-43-49-23-11-3-12-24-49)68(83)89-44-50-25-13-4-14-26-50)58-36-60-54(32-62(58)71(61,65(80)86-41-47-19-7-1-8-20-47)66(81)87-42-48-21-9-2-10-22-48)34-64(79-56(39-76)40-77)73(60,69(84)90-45-51-27-15-5-16-28-51)70(85)91-46-52-29-17-6-18-30-52/h1-36H,41-46H2. The Morgan fingerprint density at radius 2 is 0.527 bits per heavy atom. The van der Waals surface area contributed by atoms with Crippen LogP contribution < -0.4 is 0 Å². The molecular weight excluding hydrogens is 1150 g/mol. The summed E-state index contributed by atoms with van der Waals surface area (Å²) in [5, 5.41) is 41.0. The van der Waals surface area contributed by atoms with E-state index in [-0.39, 0.29) is 44.5 Å². The van der Waals surface area contributed by atoms with Crippen molar-refractivity contribution in [2.24, 2.45) is 9.98 Å². The van der Waals surface area contributed by atoms with Crippen molar-refractivity contribution in [3.8, 4) is 35.4 Å².